The van der Waals surface area contributed by atoms with Gasteiger partial charge in [-0.15, -0.1) is 0 Å². The number of carbonyl (C=O) groups excluding carboxylic acids is 1. The summed E-state index contributed by atoms with van der Waals surface area (Å²) in [6.45, 7) is 0. The molecule has 2 aliphatic rings. The first-order valence-electron chi connectivity index (χ1n) is 4.44. The fraction of sp³-hybridized carbons (Fsp3) is 0.667. The minimum Gasteiger partial charge on any atom is -0.349 e. The van der Waals surface area contributed by atoms with E-state index in [2.05, 4.69) is 5.32 Å². The van der Waals surface area contributed by atoms with Crippen LogP contribution in [0, 0.1) is 0 Å². The van der Waals surface area contributed by atoms with Crippen molar-refractivity contribution in [3.05, 3.63) is 11.6 Å². The van der Waals surface area contributed by atoms with Gasteiger partial charge in [0.05, 0.1) is 0 Å². The monoisotopic (exact) mass is 183 g/mol. The predicted octanol–water partition coefficient (Wildman–Crippen LogP) is 1.33. The topological polar surface area (TPSA) is 29.1 Å². The molecule has 3 heteroatoms. The first-order valence-corrected chi connectivity index (χ1v) is 5.59. The lowest BCUT2D eigenvalue weighted by molar-refractivity contribution is -0.118. The Balaban J connectivity index is 1.81. The van der Waals surface area contributed by atoms with Gasteiger partial charge in [0.2, 0.25) is 5.91 Å². The van der Waals surface area contributed by atoms with Gasteiger partial charge in [-0.05, 0) is 25.0 Å². The third-order valence-corrected chi connectivity index (χ3v) is 3.52. The Hall–Kier alpha value is -0.440. The van der Waals surface area contributed by atoms with Gasteiger partial charge in [0.25, 0.3) is 0 Å². The smallest absolute Gasteiger partial charge is 0.247 e. The van der Waals surface area contributed by atoms with Crippen LogP contribution in [-0.2, 0) is 4.79 Å². The molecule has 0 spiro atoms. The first-order chi connectivity index (χ1) is 5.86. The number of thioether (sulfide) groups is 1. The maximum Gasteiger partial charge on any atom is 0.247 e. The Morgan fingerprint density at radius 3 is 3.00 bits per heavy atom. The summed E-state index contributed by atoms with van der Waals surface area (Å²) in [5, 5.41) is 3.05. The Labute approximate surface area is 76.8 Å². The maximum atomic E-state index is 11.4. The molecular weight excluding hydrogens is 170 g/mol. The average molecular weight is 183 g/mol. The predicted molar refractivity (Wildman–Crippen MR) is 51.2 cm³/mol. The molecule has 1 amide bonds. The molecule has 1 aliphatic heterocycles. The van der Waals surface area contributed by atoms with Crippen molar-refractivity contribution in [1.82, 2.24) is 5.32 Å². The minimum atomic E-state index is 0.175. The molecule has 1 heterocycles. The Morgan fingerprint density at radius 1 is 1.67 bits per heavy atom. The van der Waals surface area contributed by atoms with E-state index < -0.39 is 0 Å². The highest BCUT2D eigenvalue weighted by atomic mass is 32.2. The number of amides is 1. The van der Waals surface area contributed by atoms with Gasteiger partial charge in [-0.2, -0.15) is 11.8 Å². The van der Waals surface area contributed by atoms with E-state index in [0.29, 0.717) is 6.04 Å². The number of hydrogen-bond acceptors (Lipinski definition) is 2. The summed E-state index contributed by atoms with van der Waals surface area (Å²) >= 11 is 1.93. The number of hydrogen-bond donors (Lipinski definition) is 1. The van der Waals surface area contributed by atoms with Crippen molar-refractivity contribution in [2.75, 3.05) is 11.5 Å². The molecule has 66 valence electrons. The van der Waals surface area contributed by atoms with Crippen LogP contribution in [0.2, 0.25) is 0 Å². The molecule has 0 aromatic rings. The van der Waals surface area contributed by atoms with Gasteiger partial charge in [-0.3, -0.25) is 4.79 Å². The van der Waals surface area contributed by atoms with E-state index in [9.17, 15) is 4.79 Å². The van der Waals surface area contributed by atoms with Crippen LogP contribution in [0.15, 0.2) is 11.6 Å². The fourth-order valence-corrected chi connectivity index (χ4v) is 2.57. The highest BCUT2D eigenvalue weighted by Crippen LogP contribution is 2.20. The largest absolute Gasteiger partial charge is 0.349 e. The van der Waals surface area contributed by atoms with Crippen LogP contribution in [0.1, 0.15) is 19.3 Å². The lowest BCUT2D eigenvalue weighted by atomic mass is 9.98. The van der Waals surface area contributed by atoms with Gasteiger partial charge in [-0.25, -0.2) is 0 Å². The highest BCUT2D eigenvalue weighted by Gasteiger charge is 2.21. The molecule has 12 heavy (non-hydrogen) atoms. The van der Waals surface area contributed by atoms with E-state index in [0.717, 1.165) is 30.6 Å². The zero-order valence-corrected chi connectivity index (χ0v) is 7.82. The van der Waals surface area contributed by atoms with Crippen molar-refractivity contribution < 1.29 is 4.79 Å². The molecule has 1 saturated heterocycles. The average Bonchev–Trinajstić information content (AvgIpc) is 2.34. The third-order valence-electron chi connectivity index (χ3n) is 2.36. The summed E-state index contributed by atoms with van der Waals surface area (Å²) in [6.07, 6.45) is 5.23. The van der Waals surface area contributed by atoms with Crippen LogP contribution in [0.25, 0.3) is 0 Å². The highest BCUT2D eigenvalue weighted by molar-refractivity contribution is 7.99. The maximum absolute atomic E-state index is 11.4. The number of rotatable bonds is 2. The molecule has 0 saturated carbocycles. The van der Waals surface area contributed by atoms with E-state index in [1.807, 2.05) is 17.8 Å². The molecule has 1 N–H and O–H groups in total. The van der Waals surface area contributed by atoms with Crippen molar-refractivity contribution >= 4 is 17.7 Å². The molecule has 2 nitrogen and oxygen atoms in total. The molecule has 0 radical (unpaired) electrons. The molecule has 2 rings (SSSR count). The van der Waals surface area contributed by atoms with Gasteiger partial charge in [0.1, 0.15) is 0 Å². The molecule has 1 atom stereocenters. The van der Waals surface area contributed by atoms with Crippen LogP contribution >= 0.6 is 11.8 Å². The van der Waals surface area contributed by atoms with Gasteiger partial charge in [0, 0.05) is 17.4 Å². The van der Waals surface area contributed by atoms with Gasteiger partial charge >= 0.3 is 0 Å². The standard InChI is InChI=1S/C9H13NOS/c11-9(7-2-1-3-7)10-8-4-5-12-6-8/h2,8H,1,3-6H2,(H,10,11). The minimum absolute atomic E-state index is 0.175. The Morgan fingerprint density at radius 2 is 2.50 bits per heavy atom. The van der Waals surface area contributed by atoms with Gasteiger partial charge in [0.15, 0.2) is 0 Å². The quantitative estimate of drug-likeness (QED) is 0.699. The number of nitrogens with one attached hydrogen (secondary N) is 1. The van der Waals surface area contributed by atoms with Crippen molar-refractivity contribution in [3.8, 4) is 0 Å². The lowest BCUT2D eigenvalue weighted by Crippen LogP contribution is -2.36. The molecule has 0 aromatic heterocycles. The van der Waals surface area contributed by atoms with E-state index in [1.54, 1.807) is 0 Å². The molecule has 0 bridgehead atoms. The fourth-order valence-electron chi connectivity index (χ4n) is 1.42. The normalized spacial score (nSPS) is 27.7. The second-order valence-corrected chi connectivity index (χ2v) is 4.45. The summed E-state index contributed by atoms with van der Waals surface area (Å²) in [5.74, 6) is 2.47. The Kier molecular flexibility index (Phi) is 2.40. The van der Waals surface area contributed by atoms with Crippen LogP contribution < -0.4 is 5.32 Å². The van der Waals surface area contributed by atoms with Crippen molar-refractivity contribution in [1.29, 1.82) is 0 Å². The van der Waals surface area contributed by atoms with Gasteiger partial charge < -0.3 is 5.32 Å². The molecular formula is C9H13NOS. The van der Waals surface area contributed by atoms with Crippen molar-refractivity contribution in [3.63, 3.8) is 0 Å². The molecule has 1 fully saturated rings. The van der Waals surface area contributed by atoms with E-state index in [4.69, 9.17) is 0 Å². The molecule has 1 aliphatic carbocycles. The summed E-state index contributed by atoms with van der Waals surface area (Å²) in [7, 11) is 0. The van der Waals surface area contributed by atoms with Crippen molar-refractivity contribution in [2.24, 2.45) is 0 Å². The van der Waals surface area contributed by atoms with Crippen LogP contribution in [0.3, 0.4) is 0 Å². The first kappa shape index (κ1) is 8.17. The summed E-state index contributed by atoms with van der Waals surface area (Å²) in [6, 6.07) is 0.434. The van der Waals surface area contributed by atoms with E-state index >= 15 is 0 Å². The summed E-state index contributed by atoms with van der Waals surface area (Å²) in [5.41, 5.74) is 0.993. The second kappa shape index (κ2) is 3.52. The third kappa shape index (κ3) is 1.66. The molecule has 1 unspecified atom stereocenters. The summed E-state index contributed by atoms with van der Waals surface area (Å²) in [4.78, 5) is 11.4. The van der Waals surface area contributed by atoms with Crippen LogP contribution in [0.5, 0.6) is 0 Å². The van der Waals surface area contributed by atoms with E-state index in [-0.39, 0.29) is 5.91 Å². The zero-order chi connectivity index (χ0) is 8.39. The van der Waals surface area contributed by atoms with Crippen LogP contribution in [0.4, 0.5) is 0 Å². The van der Waals surface area contributed by atoms with Crippen LogP contribution in [-0.4, -0.2) is 23.5 Å². The number of carbonyl (C=O) groups is 1. The van der Waals surface area contributed by atoms with Crippen molar-refractivity contribution in [2.45, 2.75) is 25.3 Å². The van der Waals surface area contributed by atoms with E-state index in [1.165, 1.54) is 5.75 Å². The second-order valence-electron chi connectivity index (χ2n) is 3.30. The number of allylic oxidation sites excluding steroid dienone is 1. The lowest BCUT2D eigenvalue weighted by Gasteiger charge is -2.17. The summed E-state index contributed by atoms with van der Waals surface area (Å²) < 4.78 is 0. The molecule has 0 aromatic carbocycles. The SMILES string of the molecule is O=C(NC1CCSC1)C1=CCC1. The zero-order valence-electron chi connectivity index (χ0n) is 7.01. The Bertz CT molecular complexity index is 219. The van der Waals surface area contributed by atoms with Gasteiger partial charge in [-0.1, -0.05) is 6.08 Å².